The van der Waals surface area contributed by atoms with Gasteiger partial charge in [-0.1, -0.05) is 0 Å². The van der Waals surface area contributed by atoms with Crippen molar-refractivity contribution in [1.82, 2.24) is 0 Å². The highest BCUT2D eigenvalue weighted by Gasteiger charge is 2.11. The zero-order chi connectivity index (χ0) is 10.1. The van der Waals surface area contributed by atoms with E-state index >= 15 is 0 Å². The molecule has 0 atom stereocenters. The molecule has 14 heavy (non-hydrogen) atoms. The maximum Gasteiger partial charge on any atom is 0.141 e. The van der Waals surface area contributed by atoms with Crippen LogP contribution in [0, 0.1) is 20.7 Å². The zero-order valence-corrected chi connectivity index (χ0v) is 10.0. The van der Waals surface area contributed by atoms with Crippen LogP contribution in [0.15, 0.2) is 17.5 Å². The Kier molecular flexibility index (Phi) is 2.70. The first-order chi connectivity index (χ1) is 6.74. The summed E-state index contributed by atoms with van der Waals surface area (Å²) >= 11 is 3.56. The van der Waals surface area contributed by atoms with Crippen molar-refractivity contribution >= 4 is 44.0 Å². The number of nitriles is 1. The summed E-state index contributed by atoms with van der Waals surface area (Å²) in [6, 6.07) is 5.64. The van der Waals surface area contributed by atoms with Gasteiger partial charge < -0.3 is 0 Å². The molecule has 0 unspecified atom stereocenters. The van der Waals surface area contributed by atoms with Gasteiger partial charge in [0.1, 0.15) is 5.82 Å². The van der Waals surface area contributed by atoms with E-state index in [1.807, 2.05) is 40.1 Å². The summed E-state index contributed by atoms with van der Waals surface area (Å²) in [7, 11) is 0. The molecule has 1 heterocycles. The van der Waals surface area contributed by atoms with E-state index in [-0.39, 0.29) is 12.2 Å². The second-order valence-corrected chi connectivity index (χ2v) is 4.86. The topological polar surface area (TPSA) is 23.8 Å². The molecule has 1 aromatic carbocycles. The summed E-state index contributed by atoms with van der Waals surface area (Å²) in [5, 5.41) is 11.4. The Morgan fingerprint density at radius 3 is 3.07 bits per heavy atom. The van der Waals surface area contributed by atoms with Crippen molar-refractivity contribution in [1.29, 1.82) is 5.26 Å². The quantitative estimate of drug-likeness (QED) is 0.736. The van der Waals surface area contributed by atoms with Gasteiger partial charge >= 0.3 is 0 Å². The minimum Gasteiger partial charge on any atom is -0.205 e. The predicted octanol–water partition coefficient (Wildman–Crippen LogP) is 3.71. The van der Waals surface area contributed by atoms with E-state index in [1.165, 1.54) is 0 Å². The monoisotopic (exact) mass is 317 g/mol. The van der Waals surface area contributed by atoms with Gasteiger partial charge in [-0.25, -0.2) is 4.39 Å². The molecule has 0 amide bonds. The molecular formula is C10H5FINS. The molecule has 0 aliphatic heterocycles. The van der Waals surface area contributed by atoms with Crippen LogP contribution in [0.25, 0.3) is 10.1 Å². The fourth-order valence-corrected chi connectivity index (χ4v) is 3.17. The number of rotatable bonds is 1. The third-order valence-corrected chi connectivity index (χ3v) is 3.90. The van der Waals surface area contributed by atoms with Gasteiger partial charge in [-0.15, -0.1) is 11.3 Å². The molecule has 70 valence electrons. The van der Waals surface area contributed by atoms with Gasteiger partial charge in [0.15, 0.2) is 0 Å². The Labute approximate surface area is 98.3 Å². The first-order valence-electron chi connectivity index (χ1n) is 3.95. The van der Waals surface area contributed by atoms with Gasteiger partial charge in [0, 0.05) is 15.6 Å². The van der Waals surface area contributed by atoms with Crippen LogP contribution in [0.5, 0.6) is 0 Å². The maximum atomic E-state index is 13.6. The fourth-order valence-electron chi connectivity index (χ4n) is 1.31. The van der Waals surface area contributed by atoms with Crippen LogP contribution in [0.3, 0.4) is 0 Å². The molecule has 1 nitrogen and oxygen atoms in total. The van der Waals surface area contributed by atoms with Crippen molar-refractivity contribution in [2.24, 2.45) is 0 Å². The Bertz CT molecular complexity index is 527. The molecule has 2 aromatic rings. The van der Waals surface area contributed by atoms with Gasteiger partial charge in [0.05, 0.1) is 16.1 Å². The molecule has 1 aromatic heterocycles. The van der Waals surface area contributed by atoms with Crippen LogP contribution >= 0.6 is 33.9 Å². The Morgan fingerprint density at radius 2 is 2.36 bits per heavy atom. The molecule has 0 saturated heterocycles. The SMILES string of the molecule is N#CCc1cc2sccc2c(I)c1F. The van der Waals surface area contributed by atoms with E-state index in [2.05, 4.69) is 0 Å². The van der Waals surface area contributed by atoms with Crippen LogP contribution < -0.4 is 0 Å². The van der Waals surface area contributed by atoms with E-state index < -0.39 is 0 Å². The zero-order valence-electron chi connectivity index (χ0n) is 7.05. The number of fused-ring (bicyclic) bond motifs is 1. The third kappa shape index (κ3) is 1.51. The first kappa shape index (κ1) is 9.87. The van der Waals surface area contributed by atoms with Crippen LogP contribution in [-0.2, 0) is 6.42 Å². The summed E-state index contributed by atoms with van der Waals surface area (Å²) < 4.78 is 15.3. The molecule has 0 saturated carbocycles. The van der Waals surface area contributed by atoms with Gasteiger partial charge in [-0.2, -0.15) is 5.26 Å². The second kappa shape index (κ2) is 3.83. The minimum absolute atomic E-state index is 0.135. The number of thiophene rings is 1. The highest BCUT2D eigenvalue weighted by atomic mass is 127. The number of benzene rings is 1. The molecule has 0 aliphatic carbocycles. The summed E-state index contributed by atoms with van der Waals surface area (Å²) in [4.78, 5) is 0. The van der Waals surface area contributed by atoms with Crippen LogP contribution in [0.2, 0.25) is 0 Å². The van der Waals surface area contributed by atoms with Gasteiger partial charge in [-0.05, 0) is 40.1 Å². The lowest BCUT2D eigenvalue weighted by molar-refractivity contribution is 0.610. The minimum atomic E-state index is -0.252. The molecule has 2 rings (SSSR count). The molecule has 0 bridgehead atoms. The largest absolute Gasteiger partial charge is 0.205 e. The average Bonchev–Trinajstić information content (AvgIpc) is 2.62. The maximum absolute atomic E-state index is 13.6. The Balaban J connectivity index is 2.75. The third-order valence-electron chi connectivity index (χ3n) is 1.98. The highest BCUT2D eigenvalue weighted by Crippen LogP contribution is 2.30. The van der Waals surface area contributed by atoms with Gasteiger partial charge in [0.2, 0.25) is 0 Å². The van der Waals surface area contributed by atoms with E-state index in [4.69, 9.17) is 5.26 Å². The Hall–Kier alpha value is -0.670. The van der Waals surface area contributed by atoms with Crippen LogP contribution in [-0.4, -0.2) is 0 Å². The number of nitrogens with zero attached hydrogens (tertiary/aromatic N) is 1. The molecule has 0 fully saturated rings. The molecule has 0 radical (unpaired) electrons. The number of hydrogen-bond donors (Lipinski definition) is 0. The Morgan fingerprint density at radius 1 is 1.57 bits per heavy atom. The van der Waals surface area contributed by atoms with Crippen LogP contribution in [0.4, 0.5) is 4.39 Å². The van der Waals surface area contributed by atoms with E-state index in [0.717, 1.165) is 10.1 Å². The lowest BCUT2D eigenvalue weighted by atomic mass is 10.1. The standard InChI is InChI=1S/C10H5FINS/c11-9-6(1-3-13)5-8-7(10(9)12)2-4-14-8/h2,4-5H,1H2. The lowest BCUT2D eigenvalue weighted by Gasteiger charge is -2.02. The van der Waals surface area contributed by atoms with Crippen LogP contribution in [0.1, 0.15) is 5.56 Å². The van der Waals surface area contributed by atoms with Crippen molar-refractivity contribution in [2.75, 3.05) is 0 Å². The van der Waals surface area contributed by atoms with E-state index in [1.54, 1.807) is 17.4 Å². The molecule has 0 spiro atoms. The van der Waals surface area contributed by atoms with Crippen molar-refractivity contribution in [2.45, 2.75) is 6.42 Å². The normalized spacial score (nSPS) is 10.4. The predicted molar refractivity (Wildman–Crippen MR) is 63.8 cm³/mol. The van der Waals surface area contributed by atoms with Gasteiger partial charge in [-0.3, -0.25) is 0 Å². The van der Waals surface area contributed by atoms with E-state index in [0.29, 0.717) is 9.13 Å². The van der Waals surface area contributed by atoms with Crippen molar-refractivity contribution in [3.63, 3.8) is 0 Å². The molecule has 0 N–H and O–H groups in total. The summed E-state index contributed by atoms with van der Waals surface area (Å²) in [5.41, 5.74) is 0.492. The van der Waals surface area contributed by atoms with Crippen molar-refractivity contribution < 1.29 is 4.39 Å². The summed E-state index contributed by atoms with van der Waals surface area (Å²) in [6.07, 6.45) is 0.135. The second-order valence-electron chi connectivity index (χ2n) is 2.83. The number of hydrogen-bond acceptors (Lipinski definition) is 2. The fraction of sp³-hybridized carbons (Fsp3) is 0.100. The molecule has 4 heteroatoms. The summed E-state index contributed by atoms with van der Waals surface area (Å²) in [6.45, 7) is 0. The highest BCUT2D eigenvalue weighted by molar-refractivity contribution is 14.1. The number of halogens is 2. The lowest BCUT2D eigenvalue weighted by Crippen LogP contribution is -1.92. The van der Waals surface area contributed by atoms with Crippen molar-refractivity contribution in [3.8, 4) is 6.07 Å². The van der Waals surface area contributed by atoms with E-state index in [9.17, 15) is 4.39 Å². The van der Waals surface area contributed by atoms with Gasteiger partial charge in [0.25, 0.3) is 0 Å². The average molecular weight is 317 g/mol. The molecular weight excluding hydrogens is 312 g/mol. The first-order valence-corrected chi connectivity index (χ1v) is 5.91. The summed E-state index contributed by atoms with van der Waals surface area (Å²) in [5.74, 6) is -0.252. The smallest absolute Gasteiger partial charge is 0.141 e. The van der Waals surface area contributed by atoms with Crippen molar-refractivity contribution in [3.05, 3.63) is 32.5 Å². The molecule has 0 aliphatic rings.